The molecule has 1 fully saturated rings. The molecule has 0 aromatic heterocycles. The molecule has 1 amide bonds. The zero-order chi connectivity index (χ0) is 9.97. The molecule has 74 valence electrons. The lowest BCUT2D eigenvalue weighted by Gasteiger charge is -2.26. The number of rotatable bonds is 2. The highest BCUT2D eigenvalue weighted by atomic mass is 35.5. The highest BCUT2D eigenvalue weighted by Gasteiger charge is 2.24. The summed E-state index contributed by atoms with van der Waals surface area (Å²) in [7, 11) is 0. The Morgan fingerprint density at radius 3 is 2.79 bits per heavy atom. The van der Waals surface area contributed by atoms with Crippen molar-refractivity contribution < 1.29 is 4.79 Å². The van der Waals surface area contributed by atoms with Crippen molar-refractivity contribution in [3.63, 3.8) is 0 Å². The predicted molar refractivity (Wildman–Crippen MR) is 56.5 cm³/mol. The van der Waals surface area contributed by atoms with E-state index in [0.717, 1.165) is 13.0 Å². The van der Waals surface area contributed by atoms with E-state index < -0.39 is 0 Å². The number of halogens is 1. The minimum absolute atomic E-state index is 0.00986. The smallest absolute Gasteiger partial charge is 0.241 e. The van der Waals surface area contributed by atoms with E-state index >= 15 is 0 Å². The maximum Gasteiger partial charge on any atom is 0.241 e. The summed E-state index contributed by atoms with van der Waals surface area (Å²) < 4.78 is 0. The van der Waals surface area contributed by atoms with Gasteiger partial charge in [-0.2, -0.15) is 0 Å². The van der Waals surface area contributed by atoms with Crippen molar-refractivity contribution in [2.75, 3.05) is 11.9 Å². The molecule has 2 rings (SSSR count). The Morgan fingerprint density at radius 1 is 1.50 bits per heavy atom. The number of carbonyl (C=O) groups is 1. The average Bonchev–Trinajstić information content (AvgIpc) is 2.05. The molecule has 0 saturated carbocycles. The summed E-state index contributed by atoms with van der Waals surface area (Å²) in [5.41, 5.74) is 0.674. The quantitative estimate of drug-likeness (QED) is 0.779. The van der Waals surface area contributed by atoms with Crippen molar-refractivity contribution in [3.05, 3.63) is 29.3 Å². The van der Waals surface area contributed by atoms with Gasteiger partial charge in [-0.1, -0.05) is 23.7 Å². The van der Waals surface area contributed by atoms with E-state index in [1.54, 1.807) is 12.1 Å². The molecular weight excluding hydrogens is 200 g/mol. The van der Waals surface area contributed by atoms with Crippen LogP contribution in [0, 0.1) is 0 Å². The Hall–Kier alpha value is -1.06. The van der Waals surface area contributed by atoms with Gasteiger partial charge in [0.05, 0.1) is 16.8 Å². The topological polar surface area (TPSA) is 41.1 Å². The summed E-state index contributed by atoms with van der Waals surface area (Å²) in [4.78, 5) is 11.5. The number of hydrogen-bond donors (Lipinski definition) is 2. The third-order valence-corrected chi connectivity index (χ3v) is 2.60. The summed E-state index contributed by atoms with van der Waals surface area (Å²) in [6.07, 6.45) is 0.899. The molecule has 1 heterocycles. The van der Waals surface area contributed by atoms with E-state index in [4.69, 9.17) is 11.6 Å². The van der Waals surface area contributed by atoms with Gasteiger partial charge in [0.15, 0.2) is 0 Å². The van der Waals surface area contributed by atoms with E-state index in [0.29, 0.717) is 10.7 Å². The molecule has 1 aliphatic heterocycles. The van der Waals surface area contributed by atoms with Gasteiger partial charge in [-0.3, -0.25) is 4.79 Å². The second-order valence-corrected chi connectivity index (χ2v) is 3.67. The first-order valence-electron chi connectivity index (χ1n) is 4.56. The zero-order valence-electron chi connectivity index (χ0n) is 7.59. The fourth-order valence-corrected chi connectivity index (χ4v) is 1.48. The normalized spacial score (nSPS) is 19.9. The average molecular weight is 211 g/mol. The number of benzene rings is 1. The third-order valence-electron chi connectivity index (χ3n) is 2.27. The lowest BCUT2D eigenvalue weighted by Crippen LogP contribution is -2.50. The second-order valence-electron chi connectivity index (χ2n) is 3.26. The molecule has 1 atom stereocenters. The molecule has 0 radical (unpaired) electrons. The van der Waals surface area contributed by atoms with Crippen LogP contribution in [-0.2, 0) is 4.79 Å². The lowest BCUT2D eigenvalue weighted by molar-refractivity contribution is -0.119. The molecular formula is C10H11ClN2O. The Morgan fingerprint density at radius 2 is 2.21 bits per heavy atom. The maximum absolute atomic E-state index is 11.5. The van der Waals surface area contributed by atoms with Crippen LogP contribution in [-0.4, -0.2) is 18.5 Å². The lowest BCUT2D eigenvalue weighted by atomic mass is 10.1. The molecule has 4 heteroatoms. The van der Waals surface area contributed by atoms with Gasteiger partial charge in [0.1, 0.15) is 0 Å². The van der Waals surface area contributed by atoms with E-state index in [2.05, 4.69) is 10.6 Å². The molecule has 1 aromatic carbocycles. The van der Waals surface area contributed by atoms with E-state index in [1.807, 2.05) is 12.1 Å². The minimum Gasteiger partial charge on any atom is -0.323 e. The fraction of sp³-hybridized carbons (Fsp3) is 0.300. The molecule has 14 heavy (non-hydrogen) atoms. The number of amides is 1. The van der Waals surface area contributed by atoms with Gasteiger partial charge >= 0.3 is 0 Å². The Kier molecular flexibility index (Phi) is 2.70. The maximum atomic E-state index is 11.5. The molecule has 0 spiro atoms. The van der Waals surface area contributed by atoms with Gasteiger partial charge in [0, 0.05) is 0 Å². The summed E-state index contributed by atoms with van der Waals surface area (Å²) in [5.74, 6) is -0.00986. The van der Waals surface area contributed by atoms with Crippen LogP contribution in [0.25, 0.3) is 0 Å². The van der Waals surface area contributed by atoms with E-state index in [-0.39, 0.29) is 11.9 Å². The van der Waals surface area contributed by atoms with Gasteiger partial charge < -0.3 is 10.6 Å². The summed E-state index contributed by atoms with van der Waals surface area (Å²) in [6.45, 7) is 0.917. The number of para-hydroxylation sites is 1. The number of carbonyl (C=O) groups excluding carboxylic acids is 1. The van der Waals surface area contributed by atoms with E-state index in [1.165, 1.54) is 0 Å². The van der Waals surface area contributed by atoms with Crippen molar-refractivity contribution in [1.29, 1.82) is 0 Å². The monoisotopic (exact) mass is 210 g/mol. The van der Waals surface area contributed by atoms with Crippen molar-refractivity contribution >= 4 is 23.2 Å². The highest BCUT2D eigenvalue weighted by molar-refractivity contribution is 6.33. The van der Waals surface area contributed by atoms with E-state index in [9.17, 15) is 4.79 Å². The summed E-state index contributed by atoms with van der Waals surface area (Å²) in [6, 6.07) is 7.17. The molecule has 1 aliphatic rings. The Balaban J connectivity index is 2.03. The molecule has 1 aromatic rings. The van der Waals surface area contributed by atoms with Crippen LogP contribution in [0.1, 0.15) is 6.42 Å². The highest BCUT2D eigenvalue weighted by Crippen LogP contribution is 2.21. The van der Waals surface area contributed by atoms with Gasteiger partial charge in [0.2, 0.25) is 5.91 Å². The van der Waals surface area contributed by atoms with Crippen LogP contribution in [0.4, 0.5) is 5.69 Å². The summed E-state index contributed by atoms with van der Waals surface area (Å²) >= 11 is 5.90. The van der Waals surface area contributed by atoms with Crippen LogP contribution in [0.15, 0.2) is 24.3 Å². The third kappa shape index (κ3) is 1.89. The van der Waals surface area contributed by atoms with Crippen molar-refractivity contribution in [3.8, 4) is 0 Å². The molecule has 1 saturated heterocycles. The number of hydrogen-bond acceptors (Lipinski definition) is 2. The van der Waals surface area contributed by atoms with Gasteiger partial charge in [0.25, 0.3) is 0 Å². The minimum atomic E-state index is -0.0497. The largest absolute Gasteiger partial charge is 0.323 e. The first-order chi connectivity index (χ1) is 6.77. The van der Waals surface area contributed by atoms with Gasteiger partial charge in [-0.15, -0.1) is 0 Å². The fourth-order valence-electron chi connectivity index (χ4n) is 1.29. The van der Waals surface area contributed by atoms with Crippen LogP contribution >= 0.6 is 11.6 Å². The predicted octanol–water partition coefficient (Wildman–Crippen LogP) is 1.64. The molecule has 2 N–H and O–H groups in total. The molecule has 0 aliphatic carbocycles. The first kappa shape index (κ1) is 9.49. The van der Waals surface area contributed by atoms with Crippen LogP contribution in [0.2, 0.25) is 5.02 Å². The van der Waals surface area contributed by atoms with Crippen LogP contribution < -0.4 is 10.6 Å². The number of nitrogens with one attached hydrogen (secondary N) is 2. The number of anilines is 1. The molecule has 0 unspecified atom stereocenters. The second kappa shape index (κ2) is 3.98. The Bertz CT molecular complexity index is 350. The van der Waals surface area contributed by atoms with Gasteiger partial charge in [-0.05, 0) is 25.1 Å². The van der Waals surface area contributed by atoms with Crippen molar-refractivity contribution in [1.82, 2.24) is 5.32 Å². The van der Waals surface area contributed by atoms with Crippen molar-refractivity contribution in [2.24, 2.45) is 0 Å². The van der Waals surface area contributed by atoms with Crippen molar-refractivity contribution in [2.45, 2.75) is 12.5 Å². The van der Waals surface area contributed by atoms with Crippen LogP contribution in [0.3, 0.4) is 0 Å². The molecule has 0 bridgehead atoms. The molecule has 3 nitrogen and oxygen atoms in total. The van der Waals surface area contributed by atoms with Crippen LogP contribution in [0.5, 0.6) is 0 Å². The zero-order valence-corrected chi connectivity index (χ0v) is 8.34. The standard InChI is InChI=1S/C10H11ClN2O/c11-7-3-1-2-4-8(7)13-10(14)9-5-6-12-9/h1-4,9,12H,5-6H2,(H,13,14)/t9-/m1/s1. The first-order valence-corrected chi connectivity index (χ1v) is 4.94. The Labute approximate surface area is 87.4 Å². The SMILES string of the molecule is O=C(Nc1ccccc1Cl)[C@H]1CCN1. The summed E-state index contributed by atoms with van der Waals surface area (Å²) in [5, 5.41) is 6.38. The van der Waals surface area contributed by atoms with Gasteiger partial charge in [-0.25, -0.2) is 0 Å².